The molecule has 0 fully saturated rings. The van der Waals surface area contributed by atoms with Gasteiger partial charge in [0.25, 0.3) is 0 Å². The second-order valence-corrected chi connectivity index (χ2v) is 9.36. The van der Waals surface area contributed by atoms with E-state index < -0.39 is 23.9 Å². The number of carbonyl (C=O) groups is 1. The smallest absolute Gasteiger partial charge is 0.407 e. The lowest BCUT2D eigenvalue weighted by molar-refractivity contribution is 0.0476. The van der Waals surface area contributed by atoms with E-state index in [9.17, 15) is 9.18 Å². The average molecular weight is 469 g/mol. The fraction of sp³-hybridized carbons (Fsp3) is 0.375. The SMILES string of the molecule is C#Cc1nc(NCc2cccs2)c2oc(C[C@@H](NC(=O)OC(C)(C)C)[C@H](C)F)c(C#C)c2n1. The molecule has 0 unspecified atom stereocenters. The van der Waals surface area contributed by atoms with E-state index in [1.165, 1.54) is 6.92 Å². The number of hydrogen-bond donors (Lipinski definition) is 2. The van der Waals surface area contributed by atoms with Crippen LogP contribution in [0.25, 0.3) is 11.1 Å². The Bertz CT molecular complexity index is 1210. The van der Waals surface area contributed by atoms with Gasteiger partial charge in [0, 0.05) is 11.3 Å². The van der Waals surface area contributed by atoms with Gasteiger partial charge in [-0.05, 0) is 45.1 Å². The van der Waals surface area contributed by atoms with Crippen molar-refractivity contribution in [3.05, 3.63) is 39.5 Å². The van der Waals surface area contributed by atoms with Crippen molar-refractivity contribution in [2.75, 3.05) is 5.32 Å². The van der Waals surface area contributed by atoms with Crippen LogP contribution in [0.15, 0.2) is 21.9 Å². The summed E-state index contributed by atoms with van der Waals surface area (Å²) in [6, 6.07) is 2.99. The molecule has 2 N–H and O–H groups in total. The molecule has 3 aromatic heterocycles. The zero-order valence-electron chi connectivity index (χ0n) is 18.9. The molecular formula is C24H25FN4O3S. The highest BCUT2D eigenvalue weighted by molar-refractivity contribution is 7.09. The molecule has 0 aliphatic carbocycles. The van der Waals surface area contributed by atoms with E-state index in [1.807, 2.05) is 17.5 Å². The molecule has 0 aromatic carbocycles. The standard InChI is InChI=1S/C24H25FN4O3S/c1-7-16-18(12-17(14(3)25)27-23(30)32-24(4,5)6)31-21-20(16)28-19(8-2)29-22(21)26-13-15-10-9-11-33-15/h1-2,9-11,14,17H,12-13H2,3-6H3,(H,27,30)(H,26,28,29)/t14-,17+/m0/s1. The predicted octanol–water partition coefficient (Wildman–Crippen LogP) is 4.65. The van der Waals surface area contributed by atoms with Crippen LogP contribution in [0.5, 0.6) is 0 Å². The lowest BCUT2D eigenvalue weighted by Crippen LogP contribution is -2.44. The average Bonchev–Trinajstić information content (AvgIpc) is 3.37. The molecule has 172 valence electrons. The molecule has 0 aliphatic heterocycles. The third-order valence-corrected chi connectivity index (χ3v) is 5.43. The van der Waals surface area contributed by atoms with Gasteiger partial charge in [0.1, 0.15) is 23.0 Å². The Morgan fingerprint density at radius 3 is 2.67 bits per heavy atom. The predicted molar refractivity (Wildman–Crippen MR) is 127 cm³/mol. The van der Waals surface area contributed by atoms with Gasteiger partial charge in [-0.2, -0.15) is 4.98 Å². The molecule has 3 rings (SSSR count). The molecule has 0 bridgehead atoms. The molecule has 7 nitrogen and oxygen atoms in total. The summed E-state index contributed by atoms with van der Waals surface area (Å²) < 4.78 is 25.6. The van der Waals surface area contributed by atoms with Gasteiger partial charge < -0.3 is 19.8 Å². The largest absolute Gasteiger partial charge is 0.454 e. The molecule has 1 amide bonds. The first kappa shape index (κ1) is 24.1. The van der Waals surface area contributed by atoms with E-state index in [0.717, 1.165) is 4.88 Å². The monoisotopic (exact) mass is 468 g/mol. The number of furan rings is 1. The molecule has 0 saturated heterocycles. The number of halogens is 1. The number of anilines is 1. The van der Waals surface area contributed by atoms with Crippen molar-refractivity contribution in [3.8, 4) is 24.7 Å². The number of fused-ring (bicyclic) bond motifs is 1. The van der Waals surface area contributed by atoms with Gasteiger partial charge in [-0.1, -0.05) is 12.0 Å². The molecular weight excluding hydrogens is 443 g/mol. The summed E-state index contributed by atoms with van der Waals surface area (Å²) in [6.45, 7) is 7.01. The lowest BCUT2D eigenvalue weighted by atomic mass is 10.1. The van der Waals surface area contributed by atoms with E-state index >= 15 is 0 Å². The Balaban J connectivity index is 1.95. The second kappa shape index (κ2) is 9.93. The number of terminal acetylenes is 2. The van der Waals surface area contributed by atoms with Crippen molar-refractivity contribution in [3.63, 3.8) is 0 Å². The number of nitrogens with one attached hydrogen (secondary N) is 2. The summed E-state index contributed by atoms with van der Waals surface area (Å²) in [5.74, 6) is 5.79. The van der Waals surface area contributed by atoms with Crippen LogP contribution in [0.2, 0.25) is 0 Å². The van der Waals surface area contributed by atoms with E-state index in [4.69, 9.17) is 22.0 Å². The van der Waals surface area contributed by atoms with Crippen molar-refractivity contribution in [1.82, 2.24) is 15.3 Å². The van der Waals surface area contributed by atoms with Crippen molar-refractivity contribution >= 4 is 34.3 Å². The number of nitrogens with zero attached hydrogens (tertiary/aromatic N) is 2. The van der Waals surface area contributed by atoms with Gasteiger partial charge >= 0.3 is 6.09 Å². The molecule has 33 heavy (non-hydrogen) atoms. The minimum atomic E-state index is -1.40. The number of thiophene rings is 1. The number of hydrogen-bond acceptors (Lipinski definition) is 7. The minimum absolute atomic E-state index is 0.0114. The zero-order valence-corrected chi connectivity index (χ0v) is 19.7. The minimum Gasteiger partial charge on any atom is -0.454 e. The quantitative estimate of drug-likeness (QED) is 0.491. The summed E-state index contributed by atoms with van der Waals surface area (Å²) in [5, 5.41) is 7.72. The first-order chi connectivity index (χ1) is 15.6. The van der Waals surface area contributed by atoms with Crippen molar-refractivity contribution in [2.24, 2.45) is 0 Å². The maximum absolute atomic E-state index is 14.4. The number of alkyl halides is 1. The van der Waals surface area contributed by atoms with Gasteiger partial charge in [0.15, 0.2) is 11.4 Å². The Labute approximate surface area is 196 Å². The third kappa shape index (κ3) is 6.03. The molecule has 0 radical (unpaired) electrons. The number of carbonyl (C=O) groups excluding carboxylic acids is 1. The molecule has 0 spiro atoms. The molecule has 0 aliphatic rings. The molecule has 3 heterocycles. The van der Waals surface area contributed by atoms with E-state index in [-0.39, 0.29) is 12.2 Å². The van der Waals surface area contributed by atoms with Crippen molar-refractivity contribution in [2.45, 2.75) is 58.5 Å². The summed E-state index contributed by atoms with van der Waals surface area (Å²) in [7, 11) is 0. The van der Waals surface area contributed by atoms with Crippen LogP contribution in [0.1, 0.15) is 49.7 Å². The Morgan fingerprint density at radius 1 is 1.33 bits per heavy atom. The van der Waals surface area contributed by atoms with Crippen molar-refractivity contribution < 1.29 is 18.3 Å². The maximum Gasteiger partial charge on any atom is 0.407 e. The third-order valence-electron chi connectivity index (χ3n) is 4.55. The highest BCUT2D eigenvalue weighted by Crippen LogP contribution is 2.30. The summed E-state index contributed by atoms with van der Waals surface area (Å²) >= 11 is 1.59. The lowest BCUT2D eigenvalue weighted by Gasteiger charge is -2.24. The first-order valence-corrected chi connectivity index (χ1v) is 11.2. The van der Waals surface area contributed by atoms with Gasteiger partial charge in [0.2, 0.25) is 5.82 Å². The highest BCUT2D eigenvalue weighted by atomic mass is 32.1. The number of ether oxygens (including phenoxy) is 1. The van der Waals surface area contributed by atoms with E-state index in [2.05, 4.69) is 32.4 Å². The number of rotatable bonds is 7. The maximum atomic E-state index is 14.4. The number of alkyl carbamates (subject to hydrolysis) is 1. The molecule has 9 heteroatoms. The second-order valence-electron chi connectivity index (χ2n) is 8.33. The van der Waals surface area contributed by atoms with Crippen LogP contribution in [0.4, 0.5) is 15.0 Å². The molecule has 3 aromatic rings. The van der Waals surface area contributed by atoms with E-state index in [0.29, 0.717) is 34.8 Å². The van der Waals surface area contributed by atoms with Gasteiger partial charge in [0.05, 0.1) is 18.2 Å². The van der Waals surface area contributed by atoms with Crippen molar-refractivity contribution in [1.29, 1.82) is 0 Å². The van der Waals surface area contributed by atoms with Crippen LogP contribution in [-0.2, 0) is 17.7 Å². The topological polar surface area (TPSA) is 89.3 Å². The number of amides is 1. The highest BCUT2D eigenvalue weighted by Gasteiger charge is 2.27. The Hall–Kier alpha value is -3.56. The first-order valence-electron chi connectivity index (χ1n) is 10.3. The van der Waals surface area contributed by atoms with Crippen LogP contribution in [0.3, 0.4) is 0 Å². The van der Waals surface area contributed by atoms with Crippen LogP contribution in [-0.4, -0.2) is 33.9 Å². The van der Waals surface area contributed by atoms with Gasteiger partial charge in [-0.3, -0.25) is 0 Å². The van der Waals surface area contributed by atoms with Gasteiger partial charge in [-0.15, -0.1) is 24.2 Å². The summed E-state index contributed by atoms with van der Waals surface area (Å²) in [6.07, 6.45) is 9.13. The van der Waals surface area contributed by atoms with E-state index in [1.54, 1.807) is 32.1 Å². The van der Waals surface area contributed by atoms with Gasteiger partial charge in [-0.25, -0.2) is 14.2 Å². The molecule has 0 saturated carbocycles. The zero-order chi connectivity index (χ0) is 24.2. The Kier molecular flexibility index (Phi) is 7.25. The fourth-order valence-corrected chi connectivity index (χ4v) is 3.72. The Morgan fingerprint density at radius 2 is 2.09 bits per heavy atom. The van der Waals surface area contributed by atoms with Crippen LogP contribution in [0, 0.1) is 24.7 Å². The number of aromatic nitrogens is 2. The molecule has 2 atom stereocenters. The van der Waals surface area contributed by atoms with Crippen LogP contribution >= 0.6 is 11.3 Å². The van der Waals surface area contributed by atoms with Crippen LogP contribution < -0.4 is 10.6 Å². The summed E-state index contributed by atoms with van der Waals surface area (Å²) in [4.78, 5) is 21.9. The summed E-state index contributed by atoms with van der Waals surface area (Å²) in [5.41, 5.74) is 0.282. The fourth-order valence-electron chi connectivity index (χ4n) is 3.07. The normalized spacial score (nSPS) is 13.1.